The third-order valence-electron chi connectivity index (χ3n) is 2.90. The molecule has 4 heteroatoms. The number of phenolic OH excluding ortho intramolecular Hbond substituents is 1. The topological polar surface area (TPSA) is 63.1 Å². The highest BCUT2D eigenvalue weighted by Crippen LogP contribution is 2.28. The Balaban J connectivity index is 2.15. The maximum absolute atomic E-state index is 11.6. The number of hydrogen-bond acceptors (Lipinski definition) is 4. The van der Waals surface area contributed by atoms with Crippen LogP contribution in [0.1, 0.15) is 22.5 Å². The summed E-state index contributed by atoms with van der Waals surface area (Å²) in [4.78, 5) is 20.0. The Hall–Kier alpha value is -2.23. The van der Waals surface area contributed by atoms with E-state index in [-0.39, 0.29) is 11.5 Å². The van der Waals surface area contributed by atoms with Gasteiger partial charge in [-0.2, -0.15) is 0 Å². The summed E-state index contributed by atoms with van der Waals surface area (Å²) in [5.41, 5.74) is 1.95. The maximum atomic E-state index is 11.6. The highest BCUT2D eigenvalue weighted by molar-refractivity contribution is 5.98. The second-order valence-corrected chi connectivity index (χ2v) is 4.01. The van der Waals surface area contributed by atoms with Crippen LogP contribution >= 0.6 is 0 Å². The van der Waals surface area contributed by atoms with Crippen molar-refractivity contribution in [2.45, 2.75) is 12.8 Å². The lowest BCUT2D eigenvalue weighted by molar-refractivity contribution is 0.0990. The molecule has 17 heavy (non-hydrogen) atoms. The quantitative estimate of drug-likeness (QED) is 0.807. The predicted octanol–water partition coefficient (Wildman–Crippen LogP) is 1.98. The first-order chi connectivity index (χ1) is 8.25. The summed E-state index contributed by atoms with van der Waals surface area (Å²) >= 11 is 0. The van der Waals surface area contributed by atoms with Crippen LogP contribution < -0.4 is 0 Å². The summed E-state index contributed by atoms with van der Waals surface area (Å²) in [6.45, 7) is 0. The molecule has 0 amide bonds. The van der Waals surface area contributed by atoms with Gasteiger partial charge >= 0.3 is 0 Å². The Morgan fingerprint density at radius 1 is 1.18 bits per heavy atom. The van der Waals surface area contributed by atoms with Crippen molar-refractivity contribution >= 4 is 5.78 Å². The molecule has 1 N–H and O–H groups in total. The molecule has 3 rings (SSSR count). The van der Waals surface area contributed by atoms with Crippen LogP contribution in [0.25, 0.3) is 11.4 Å². The maximum Gasteiger partial charge on any atom is 0.181 e. The van der Waals surface area contributed by atoms with Gasteiger partial charge in [0.15, 0.2) is 11.6 Å². The van der Waals surface area contributed by atoms with E-state index < -0.39 is 0 Å². The second-order valence-electron chi connectivity index (χ2n) is 4.01. The predicted molar refractivity (Wildman–Crippen MR) is 61.8 cm³/mol. The number of rotatable bonds is 1. The van der Waals surface area contributed by atoms with E-state index >= 15 is 0 Å². The normalized spacial score (nSPS) is 13.8. The number of benzene rings is 1. The number of Topliss-reactive ketones (excluding diaryl/α,β-unsaturated/α-hetero) is 1. The number of aryl methyl sites for hydroxylation is 1. The standard InChI is InChI=1S/C13H10N2O2/c16-10-4-2-1-3-9(10)13-14-7-8-5-6-11(17)12(8)15-13/h1-4,7,16H,5-6H2. The molecule has 4 nitrogen and oxygen atoms in total. The van der Waals surface area contributed by atoms with Gasteiger partial charge in [0.05, 0.1) is 5.56 Å². The monoisotopic (exact) mass is 226 g/mol. The summed E-state index contributed by atoms with van der Waals surface area (Å²) in [5.74, 6) is 0.578. The van der Waals surface area contributed by atoms with E-state index in [2.05, 4.69) is 9.97 Å². The zero-order valence-corrected chi connectivity index (χ0v) is 9.05. The van der Waals surface area contributed by atoms with Gasteiger partial charge in [-0.3, -0.25) is 4.79 Å². The molecular weight excluding hydrogens is 216 g/mol. The van der Waals surface area contributed by atoms with E-state index in [4.69, 9.17) is 0 Å². The molecule has 0 bridgehead atoms. The fourth-order valence-electron chi connectivity index (χ4n) is 1.99. The smallest absolute Gasteiger partial charge is 0.181 e. The van der Waals surface area contributed by atoms with E-state index in [0.717, 1.165) is 12.0 Å². The Labute approximate surface area is 98.0 Å². The number of fused-ring (bicyclic) bond motifs is 1. The lowest BCUT2D eigenvalue weighted by Crippen LogP contribution is -1.99. The minimum Gasteiger partial charge on any atom is -0.507 e. The van der Waals surface area contributed by atoms with E-state index in [1.165, 1.54) is 0 Å². The molecule has 0 fully saturated rings. The van der Waals surface area contributed by atoms with Crippen molar-refractivity contribution in [3.63, 3.8) is 0 Å². The lowest BCUT2D eigenvalue weighted by atomic mass is 10.1. The van der Waals surface area contributed by atoms with Crippen molar-refractivity contribution in [1.82, 2.24) is 9.97 Å². The number of carbonyl (C=O) groups is 1. The van der Waals surface area contributed by atoms with E-state index in [9.17, 15) is 9.90 Å². The van der Waals surface area contributed by atoms with Crippen LogP contribution in [0, 0.1) is 0 Å². The van der Waals surface area contributed by atoms with Crippen LogP contribution in [0.15, 0.2) is 30.5 Å². The molecule has 0 unspecified atom stereocenters. The van der Waals surface area contributed by atoms with Crippen molar-refractivity contribution in [3.05, 3.63) is 41.7 Å². The van der Waals surface area contributed by atoms with Crippen molar-refractivity contribution in [2.24, 2.45) is 0 Å². The fourth-order valence-corrected chi connectivity index (χ4v) is 1.99. The van der Waals surface area contributed by atoms with Crippen LogP contribution in [-0.4, -0.2) is 20.9 Å². The summed E-state index contributed by atoms with van der Waals surface area (Å²) < 4.78 is 0. The van der Waals surface area contributed by atoms with Gasteiger partial charge in [0.2, 0.25) is 0 Å². The first-order valence-electron chi connectivity index (χ1n) is 5.43. The van der Waals surface area contributed by atoms with Crippen molar-refractivity contribution in [1.29, 1.82) is 0 Å². The van der Waals surface area contributed by atoms with E-state index in [1.807, 2.05) is 0 Å². The summed E-state index contributed by atoms with van der Waals surface area (Å²) in [6, 6.07) is 6.84. The number of aromatic hydroxyl groups is 1. The molecular formula is C13H10N2O2. The Bertz CT molecular complexity index is 608. The lowest BCUT2D eigenvalue weighted by Gasteiger charge is -2.04. The summed E-state index contributed by atoms with van der Waals surface area (Å²) in [5, 5.41) is 9.71. The molecule has 1 aromatic heterocycles. The molecule has 1 heterocycles. The molecule has 0 radical (unpaired) electrons. The van der Waals surface area contributed by atoms with Crippen molar-refractivity contribution < 1.29 is 9.90 Å². The highest BCUT2D eigenvalue weighted by Gasteiger charge is 2.22. The van der Waals surface area contributed by atoms with Crippen molar-refractivity contribution in [2.75, 3.05) is 0 Å². The number of carbonyl (C=O) groups excluding carboxylic acids is 1. The van der Waals surface area contributed by atoms with Crippen LogP contribution in [0.5, 0.6) is 5.75 Å². The third kappa shape index (κ3) is 1.58. The zero-order valence-electron chi connectivity index (χ0n) is 9.05. The van der Waals surface area contributed by atoms with Gasteiger partial charge in [-0.25, -0.2) is 9.97 Å². The molecule has 2 aromatic rings. The zero-order chi connectivity index (χ0) is 11.8. The molecule has 1 aliphatic carbocycles. The Morgan fingerprint density at radius 2 is 2.00 bits per heavy atom. The Morgan fingerprint density at radius 3 is 2.82 bits per heavy atom. The number of para-hydroxylation sites is 1. The van der Waals surface area contributed by atoms with Gasteiger partial charge in [0, 0.05) is 18.2 Å². The number of ketones is 1. The molecule has 0 atom stereocenters. The average molecular weight is 226 g/mol. The fraction of sp³-hybridized carbons (Fsp3) is 0.154. The molecule has 84 valence electrons. The van der Waals surface area contributed by atoms with Gasteiger partial charge in [0.1, 0.15) is 11.4 Å². The first-order valence-corrected chi connectivity index (χ1v) is 5.43. The highest BCUT2D eigenvalue weighted by atomic mass is 16.3. The number of hydrogen-bond donors (Lipinski definition) is 1. The number of phenols is 1. The van der Waals surface area contributed by atoms with Gasteiger partial charge in [-0.1, -0.05) is 12.1 Å². The van der Waals surface area contributed by atoms with Crippen molar-refractivity contribution in [3.8, 4) is 17.1 Å². The molecule has 0 spiro atoms. The third-order valence-corrected chi connectivity index (χ3v) is 2.90. The van der Waals surface area contributed by atoms with E-state index in [0.29, 0.717) is 23.5 Å². The number of nitrogens with zero attached hydrogens (tertiary/aromatic N) is 2. The minimum atomic E-state index is 0.0547. The molecule has 1 aliphatic rings. The molecule has 1 aromatic carbocycles. The van der Waals surface area contributed by atoms with Gasteiger partial charge < -0.3 is 5.11 Å². The van der Waals surface area contributed by atoms with Gasteiger partial charge in [-0.15, -0.1) is 0 Å². The van der Waals surface area contributed by atoms with Crippen LogP contribution in [0.3, 0.4) is 0 Å². The van der Waals surface area contributed by atoms with Crippen LogP contribution in [0.4, 0.5) is 0 Å². The minimum absolute atomic E-state index is 0.0547. The Kier molecular flexibility index (Phi) is 2.14. The van der Waals surface area contributed by atoms with E-state index in [1.54, 1.807) is 30.5 Å². The SMILES string of the molecule is O=C1CCc2cnc(-c3ccccc3O)nc21. The summed E-state index contributed by atoms with van der Waals surface area (Å²) in [6.07, 6.45) is 2.90. The largest absolute Gasteiger partial charge is 0.507 e. The molecule has 0 saturated carbocycles. The molecule has 0 saturated heterocycles. The first kappa shape index (κ1) is 9.96. The van der Waals surface area contributed by atoms with Crippen LogP contribution in [-0.2, 0) is 6.42 Å². The average Bonchev–Trinajstić information content (AvgIpc) is 2.71. The number of aromatic nitrogens is 2. The molecule has 0 aliphatic heterocycles. The summed E-state index contributed by atoms with van der Waals surface area (Å²) in [7, 11) is 0. The second kappa shape index (κ2) is 3.66. The van der Waals surface area contributed by atoms with Crippen LogP contribution in [0.2, 0.25) is 0 Å². The van der Waals surface area contributed by atoms with Gasteiger partial charge in [0.25, 0.3) is 0 Å². The van der Waals surface area contributed by atoms with Gasteiger partial charge in [-0.05, 0) is 18.6 Å².